The minimum Gasteiger partial charge on any atom is -0.457 e. The molecular formula is C34H69NO7P+. The molecule has 2 unspecified atom stereocenters. The van der Waals surface area contributed by atoms with E-state index in [-0.39, 0.29) is 25.8 Å². The number of hydrogen-bond donors (Lipinski definition) is 1. The van der Waals surface area contributed by atoms with Gasteiger partial charge in [0.15, 0.2) is 0 Å². The molecule has 0 saturated heterocycles. The van der Waals surface area contributed by atoms with E-state index in [1.54, 1.807) is 0 Å². The zero-order chi connectivity index (χ0) is 32.1. The fourth-order valence-electron chi connectivity index (χ4n) is 4.52. The van der Waals surface area contributed by atoms with Crippen molar-refractivity contribution in [2.75, 3.05) is 54.1 Å². The van der Waals surface area contributed by atoms with E-state index in [9.17, 15) is 14.3 Å². The molecule has 0 bridgehead atoms. The van der Waals surface area contributed by atoms with Crippen molar-refractivity contribution in [3.05, 3.63) is 12.2 Å². The number of carbonyl (C=O) groups is 1. The first-order chi connectivity index (χ1) is 20.6. The van der Waals surface area contributed by atoms with Gasteiger partial charge >= 0.3 is 13.8 Å². The van der Waals surface area contributed by atoms with Crippen molar-refractivity contribution in [2.24, 2.45) is 0 Å². The Bertz CT molecular complexity index is 711. The van der Waals surface area contributed by atoms with Gasteiger partial charge in [-0.25, -0.2) is 4.57 Å². The lowest BCUT2D eigenvalue weighted by Crippen LogP contribution is -2.37. The maximum Gasteiger partial charge on any atom is 0.472 e. The van der Waals surface area contributed by atoms with E-state index in [0.29, 0.717) is 24.1 Å². The summed E-state index contributed by atoms with van der Waals surface area (Å²) in [7, 11) is 1.66. The van der Waals surface area contributed by atoms with E-state index < -0.39 is 13.9 Å². The van der Waals surface area contributed by atoms with Crippen molar-refractivity contribution in [2.45, 2.75) is 148 Å². The molecule has 0 aliphatic rings. The van der Waals surface area contributed by atoms with Gasteiger partial charge in [-0.3, -0.25) is 13.8 Å². The van der Waals surface area contributed by atoms with Crippen molar-refractivity contribution in [1.29, 1.82) is 0 Å². The van der Waals surface area contributed by atoms with E-state index in [1.807, 2.05) is 28.1 Å². The van der Waals surface area contributed by atoms with Crippen LogP contribution in [-0.2, 0) is 27.9 Å². The molecule has 0 rings (SSSR count). The average Bonchev–Trinajstić information content (AvgIpc) is 2.94. The average molecular weight is 635 g/mol. The van der Waals surface area contributed by atoms with Crippen molar-refractivity contribution < 1.29 is 37.3 Å². The Labute approximate surface area is 265 Å². The van der Waals surface area contributed by atoms with Gasteiger partial charge in [-0.1, -0.05) is 109 Å². The number of unbranched alkanes of at least 4 members (excludes halogenated alkanes) is 16. The third-order valence-electron chi connectivity index (χ3n) is 7.33. The Kier molecular flexibility index (Phi) is 28.2. The fourth-order valence-corrected chi connectivity index (χ4v) is 5.27. The number of quaternary nitrogens is 1. The highest BCUT2D eigenvalue weighted by Gasteiger charge is 2.26. The molecule has 2 atom stereocenters. The summed E-state index contributed by atoms with van der Waals surface area (Å²) in [6.07, 6.45) is 27.7. The maximum atomic E-state index is 12.2. The molecule has 256 valence electrons. The molecule has 0 aliphatic carbocycles. The van der Waals surface area contributed by atoms with Crippen LogP contribution in [0.3, 0.4) is 0 Å². The van der Waals surface area contributed by atoms with Crippen molar-refractivity contribution in [3.63, 3.8) is 0 Å². The van der Waals surface area contributed by atoms with E-state index in [1.165, 1.54) is 96.3 Å². The summed E-state index contributed by atoms with van der Waals surface area (Å²) < 4.78 is 34.3. The first-order valence-electron chi connectivity index (χ1n) is 17.4. The van der Waals surface area contributed by atoms with Gasteiger partial charge in [-0.05, 0) is 38.5 Å². The summed E-state index contributed by atoms with van der Waals surface area (Å²) in [5.74, 6) is -0.350. The lowest BCUT2D eigenvalue weighted by Gasteiger charge is -2.24. The summed E-state index contributed by atoms with van der Waals surface area (Å²) in [6, 6.07) is 0. The highest BCUT2D eigenvalue weighted by molar-refractivity contribution is 7.47. The van der Waals surface area contributed by atoms with Crippen LogP contribution >= 0.6 is 7.82 Å². The van der Waals surface area contributed by atoms with Crippen LogP contribution in [0.1, 0.15) is 142 Å². The predicted octanol–water partition coefficient (Wildman–Crippen LogP) is 9.15. The number of phosphoric ester groups is 1. The van der Waals surface area contributed by atoms with E-state index in [0.717, 1.165) is 25.7 Å². The van der Waals surface area contributed by atoms with E-state index in [4.69, 9.17) is 18.5 Å². The number of esters is 1. The van der Waals surface area contributed by atoms with Gasteiger partial charge in [0.1, 0.15) is 19.3 Å². The molecule has 9 heteroatoms. The van der Waals surface area contributed by atoms with E-state index in [2.05, 4.69) is 19.1 Å². The number of phosphoric acid groups is 1. The molecule has 0 radical (unpaired) electrons. The normalized spacial score (nSPS) is 14.3. The van der Waals surface area contributed by atoms with Crippen LogP contribution in [0.25, 0.3) is 0 Å². The van der Waals surface area contributed by atoms with Crippen molar-refractivity contribution >= 4 is 13.8 Å². The van der Waals surface area contributed by atoms with Crippen LogP contribution in [0, 0.1) is 0 Å². The lowest BCUT2D eigenvalue weighted by molar-refractivity contribution is -0.870. The second-order valence-corrected chi connectivity index (χ2v) is 14.4. The first kappa shape index (κ1) is 42.2. The molecule has 0 fully saturated rings. The van der Waals surface area contributed by atoms with Crippen molar-refractivity contribution in [1.82, 2.24) is 0 Å². The molecule has 0 spiro atoms. The summed E-state index contributed by atoms with van der Waals surface area (Å²) >= 11 is 0. The molecule has 0 aromatic heterocycles. The zero-order valence-electron chi connectivity index (χ0n) is 28.7. The Hall–Kier alpha value is -0.760. The highest BCUT2D eigenvalue weighted by atomic mass is 31.2. The molecule has 8 nitrogen and oxygen atoms in total. The number of carbonyl (C=O) groups excluding carboxylic acids is 1. The largest absolute Gasteiger partial charge is 0.472 e. The topological polar surface area (TPSA) is 91.3 Å². The Morgan fingerprint density at radius 2 is 1.21 bits per heavy atom. The molecule has 1 N–H and O–H groups in total. The molecule has 0 aliphatic heterocycles. The lowest BCUT2D eigenvalue weighted by atomic mass is 10.1. The monoisotopic (exact) mass is 634 g/mol. The summed E-state index contributed by atoms with van der Waals surface area (Å²) in [4.78, 5) is 22.1. The van der Waals surface area contributed by atoms with Crippen LogP contribution in [0.4, 0.5) is 0 Å². The van der Waals surface area contributed by atoms with Crippen LogP contribution < -0.4 is 0 Å². The van der Waals surface area contributed by atoms with Gasteiger partial charge in [-0.2, -0.15) is 0 Å². The summed E-state index contributed by atoms with van der Waals surface area (Å²) in [5, 5.41) is 0. The van der Waals surface area contributed by atoms with Crippen LogP contribution in [0.5, 0.6) is 0 Å². The van der Waals surface area contributed by atoms with Gasteiger partial charge in [0.05, 0.1) is 34.4 Å². The SMILES string of the molecule is CCCCCCCCC/C=C\CCCCCCCCCCOCC(COP(=O)(O)OCC[N+](C)(C)C)OC(=O)CCCC. The third-order valence-corrected chi connectivity index (χ3v) is 8.31. The number of allylic oxidation sites excluding steroid dienone is 2. The van der Waals surface area contributed by atoms with Gasteiger partial charge in [-0.15, -0.1) is 0 Å². The fraction of sp³-hybridized carbons (Fsp3) is 0.912. The van der Waals surface area contributed by atoms with Gasteiger partial charge in [0.2, 0.25) is 0 Å². The zero-order valence-corrected chi connectivity index (χ0v) is 29.6. The number of nitrogens with zero attached hydrogens (tertiary/aromatic N) is 1. The maximum absolute atomic E-state index is 12.2. The first-order valence-corrected chi connectivity index (χ1v) is 18.9. The summed E-state index contributed by atoms with van der Waals surface area (Å²) in [5.41, 5.74) is 0. The van der Waals surface area contributed by atoms with Crippen molar-refractivity contribution in [3.8, 4) is 0 Å². The smallest absolute Gasteiger partial charge is 0.457 e. The molecule has 0 amide bonds. The quantitative estimate of drug-likeness (QED) is 0.0259. The predicted molar refractivity (Wildman–Crippen MR) is 178 cm³/mol. The molecule has 0 saturated carbocycles. The number of ether oxygens (including phenoxy) is 2. The third kappa shape index (κ3) is 32.4. The number of likely N-dealkylation sites (N-methyl/N-ethyl adjacent to an activating group) is 1. The van der Waals surface area contributed by atoms with E-state index >= 15 is 0 Å². The second-order valence-electron chi connectivity index (χ2n) is 12.9. The Balaban J connectivity index is 3.91. The van der Waals surface area contributed by atoms with Crippen LogP contribution in [0.15, 0.2) is 12.2 Å². The Morgan fingerprint density at radius 1 is 0.698 bits per heavy atom. The minimum absolute atomic E-state index is 0.0888. The number of rotatable bonds is 32. The van der Waals surface area contributed by atoms with Gasteiger partial charge in [0.25, 0.3) is 0 Å². The molecule has 0 aromatic carbocycles. The molecule has 0 aromatic rings. The molecule has 43 heavy (non-hydrogen) atoms. The number of hydrogen-bond acceptors (Lipinski definition) is 6. The van der Waals surface area contributed by atoms with Crippen LogP contribution in [-0.4, -0.2) is 75.6 Å². The second kappa shape index (κ2) is 28.7. The molecular weight excluding hydrogens is 565 g/mol. The molecule has 0 heterocycles. The summed E-state index contributed by atoms with van der Waals surface area (Å²) in [6.45, 7) is 5.37. The van der Waals surface area contributed by atoms with Gasteiger partial charge < -0.3 is 18.9 Å². The standard InChI is InChI=1S/C34H68NO7P/c1-6-8-10-11-12-13-14-15-16-17-18-19-20-21-22-23-24-25-26-29-39-31-33(42-34(36)27-9-7-2)32-41-43(37,38)40-30-28-35(3,4)5/h16-17,33H,6-15,18-32H2,1-5H3/p+1/b17-16-. The Morgan fingerprint density at radius 3 is 1.74 bits per heavy atom. The minimum atomic E-state index is -4.24. The highest BCUT2D eigenvalue weighted by Crippen LogP contribution is 2.43. The van der Waals surface area contributed by atoms with Crippen LogP contribution in [0.2, 0.25) is 0 Å². The van der Waals surface area contributed by atoms with Gasteiger partial charge in [0, 0.05) is 13.0 Å².